The Morgan fingerprint density at radius 3 is 2.04 bits per heavy atom. The summed E-state index contributed by atoms with van der Waals surface area (Å²) in [4.78, 5) is 47.7. The first-order chi connectivity index (χ1) is 12.3. The Balaban J connectivity index is 2.63. The Kier molecular flexibility index (Phi) is 4.92. The van der Waals surface area contributed by atoms with Crippen LogP contribution in [0.15, 0.2) is 0 Å². The van der Waals surface area contributed by atoms with Crippen molar-refractivity contribution in [3.63, 3.8) is 0 Å². The number of carboxylic acid groups (broad SMARTS) is 2. The molecular weight excluding hydrogens is 360 g/mol. The molecule has 0 unspecified atom stereocenters. The molecule has 5 atom stereocenters. The zero-order valence-corrected chi connectivity index (χ0v) is 16.0. The number of carboxylic acids is 2. The van der Waals surface area contributed by atoms with Gasteiger partial charge in [-0.25, -0.2) is 9.59 Å². The molecule has 10 nitrogen and oxygen atoms in total. The molecule has 2 rings (SSSR count). The highest BCUT2D eigenvalue weighted by molar-refractivity contribution is 5.90. The fourth-order valence-corrected chi connectivity index (χ4v) is 5.19. The van der Waals surface area contributed by atoms with Crippen LogP contribution < -0.4 is 5.32 Å². The standard InChI is InChI=1S/C17H26N2O8/c1-6-16(7-2)11(19(25)26)8-9(12(20)21)10(8)17(16,13(22)23)18-14(24)27-15(3,4)5/h8-11H,6-7H2,1-5H3,(H,18,24)(H,20,21)(H,22,23)/t8-,9-,10+,11-,17-/m1/s1. The van der Waals surface area contributed by atoms with Crippen LogP contribution >= 0.6 is 0 Å². The maximum atomic E-state index is 12.4. The molecule has 2 aliphatic carbocycles. The Morgan fingerprint density at radius 1 is 1.19 bits per heavy atom. The first-order valence-corrected chi connectivity index (χ1v) is 8.91. The number of nitrogens with zero attached hydrogens (tertiary/aromatic N) is 1. The zero-order valence-electron chi connectivity index (χ0n) is 16.0. The molecule has 2 fully saturated rings. The van der Waals surface area contributed by atoms with E-state index in [1.165, 1.54) is 0 Å². The number of carbonyl (C=O) groups excluding carboxylic acids is 1. The minimum absolute atomic E-state index is 0.0938. The highest BCUT2D eigenvalue weighted by atomic mass is 16.6. The molecule has 2 saturated carbocycles. The van der Waals surface area contributed by atoms with E-state index in [9.17, 15) is 34.7 Å². The van der Waals surface area contributed by atoms with Crippen molar-refractivity contribution in [3.05, 3.63) is 10.1 Å². The van der Waals surface area contributed by atoms with Crippen LogP contribution in [0.4, 0.5) is 4.79 Å². The monoisotopic (exact) mass is 386 g/mol. The van der Waals surface area contributed by atoms with Crippen LogP contribution in [0.5, 0.6) is 0 Å². The van der Waals surface area contributed by atoms with E-state index in [1.54, 1.807) is 34.6 Å². The van der Waals surface area contributed by atoms with E-state index in [2.05, 4.69) is 5.32 Å². The first kappa shape index (κ1) is 20.9. The minimum atomic E-state index is -2.09. The number of ether oxygens (including phenoxy) is 1. The lowest BCUT2D eigenvalue weighted by Gasteiger charge is -2.45. The number of nitrogens with one attached hydrogen (secondary N) is 1. The number of fused-ring (bicyclic) bond motifs is 1. The number of hydrogen-bond acceptors (Lipinski definition) is 6. The van der Waals surface area contributed by atoms with Gasteiger partial charge in [-0.2, -0.15) is 0 Å². The predicted molar refractivity (Wildman–Crippen MR) is 91.6 cm³/mol. The van der Waals surface area contributed by atoms with Gasteiger partial charge in [0, 0.05) is 16.8 Å². The molecule has 152 valence electrons. The van der Waals surface area contributed by atoms with Crippen molar-refractivity contribution in [1.29, 1.82) is 0 Å². The molecule has 0 spiro atoms. The summed E-state index contributed by atoms with van der Waals surface area (Å²) in [7, 11) is 0. The van der Waals surface area contributed by atoms with E-state index in [1.807, 2.05) is 0 Å². The second-order valence-electron chi connectivity index (χ2n) is 8.30. The molecule has 0 heterocycles. The van der Waals surface area contributed by atoms with Gasteiger partial charge < -0.3 is 20.3 Å². The van der Waals surface area contributed by atoms with E-state index in [-0.39, 0.29) is 12.8 Å². The Morgan fingerprint density at radius 2 is 1.70 bits per heavy atom. The van der Waals surface area contributed by atoms with Crippen LogP contribution in [0.1, 0.15) is 47.5 Å². The average molecular weight is 386 g/mol. The molecule has 1 amide bonds. The molecule has 0 aromatic heterocycles. The Bertz CT molecular complexity index is 681. The lowest BCUT2D eigenvalue weighted by molar-refractivity contribution is -0.546. The first-order valence-electron chi connectivity index (χ1n) is 8.91. The largest absolute Gasteiger partial charge is 0.481 e. The van der Waals surface area contributed by atoms with Crippen LogP contribution in [0.2, 0.25) is 0 Å². The van der Waals surface area contributed by atoms with Crippen molar-refractivity contribution in [1.82, 2.24) is 5.32 Å². The number of hydrogen-bond donors (Lipinski definition) is 3. The lowest BCUT2D eigenvalue weighted by atomic mass is 9.62. The average Bonchev–Trinajstić information content (AvgIpc) is 3.17. The normalized spacial score (nSPS) is 33.7. The maximum Gasteiger partial charge on any atom is 0.408 e. The summed E-state index contributed by atoms with van der Waals surface area (Å²) in [6.07, 6.45) is -0.845. The van der Waals surface area contributed by atoms with Crippen molar-refractivity contribution < 1.29 is 34.3 Å². The van der Waals surface area contributed by atoms with Crippen LogP contribution in [0.25, 0.3) is 0 Å². The van der Waals surface area contributed by atoms with Gasteiger partial charge in [-0.3, -0.25) is 14.9 Å². The molecule has 0 bridgehead atoms. The molecule has 27 heavy (non-hydrogen) atoms. The van der Waals surface area contributed by atoms with E-state index in [0.717, 1.165) is 0 Å². The van der Waals surface area contributed by atoms with Gasteiger partial charge in [0.15, 0.2) is 5.54 Å². The third-order valence-corrected chi connectivity index (χ3v) is 6.10. The second-order valence-corrected chi connectivity index (χ2v) is 8.30. The van der Waals surface area contributed by atoms with Gasteiger partial charge in [0.25, 0.3) is 0 Å². The van der Waals surface area contributed by atoms with E-state index in [0.29, 0.717) is 0 Å². The topological polar surface area (TPSA) is 156 Å². The molecule has 0 aromatic carbocycles. The van der Waals surface area contributed by atoms with Crippen molar-refractivity contribution >= 4 is 18.0 Å². The van der Waals surface area contributed by atoms with Gasteiger partial charge in [0.1, 0.15) is 5.60 Å². The third kappa shape index (κ3) is 2.81. The van der Waals surface area contributed by atoms with Gasteiger partial charge in [-0.1, -0.05) is 13.8 Å². The third-order valence-electron chi connectivity index (χ3n) is 6.10. The molecular formula is C17H26N2O8. The highest BCUT2D eigenvalue weighted by Gasteiger charge is 2.88. The number of rotatable bonds is 6. The summed E-state index contributed by atoms with van der Waals surface area (Å²) in [5, 5.41) is 33.8. The molecule has 0 radical (unpaired) electrons. The van der Waals surface area contributed by atoms with Gasteiger partial charge >= 0.3 is 18.0 Å². The summed E-state index contributed by atoms with van der Waals surface area (Å²) in [5.74, 6) is -5.99. The quantitative estimate of drug-likeness (QED) is 0.460. The lowest BCUT2D eigenvalue weighted by Crippen LogP contribution is -2.68. The fourth-order valence-electron chi connectivity index (χ4n) is 5.19. The predicted octanol–water partition coefficient (Wildman–Crippen LogP) is 1.75. The minimum Gasteiger partial charge on any atom is -0.481 e. The number of alkyl carbamates (subject to hydrolysis) is 1. The molecule has 10 heteroatoms. The highest BCUT2D eigenvalue weighted by Crippen LogP contribution is 2.71. The summed E-state index contributed by atoms with van der Waals surface area (Å²) in [6.45, 7) is 8.04. The maximum absolute atomic E-state index is 12.4. The Labute approximate surface area is 156 Å². The molecule has 3 N–H and O–H groups in total. The van der Waals surface area contributed by atoms with Gasteiger partial charge in [0.05, 0.1) is 11.3 Å². The number of nitro groups is 1. The van der Waals surface area contributed by atoms with Crippen molar-refractivity contribution in [2.24, 2.45) is 23.2 Å². The number of aliphatic carboxylic acids is 2. The van der Waals surface area contributed by atoms with Crippen molar-refractivity contribution in [3.8, 4) is 0 Å². The summed E-state index contributed by atoms with van der Waals surface area (Å²) < 4.78 is 5.18. The SMILES string of the molecule is CCC1(CC)[C@H]([N+](=O)[O-])[C@@H]2[C@@H](C(=O)O)[C@H]2[C@@]1(NC(=O)OC(C)(C)C)C(=O)O. The fraction of sp³-hybridized carbons (Fsp3) is 0.824. The summed E-state index contributed by atoms with van der Waals surface area (Å²) in [5.41, 5.74) is -4.44. The van der Waals surface area contributed by atoms with Crippen LogP contribution in [-0.2, 0) is 14.3 Å². The number of amides is 1. The zero-order chi connectivity index (χ0) is 20.9. The van der Waals surface area contributed by atoms with Crippen molar-refractivity contribution in [2.75, 3.05) is 0 Å². The van der Waals surface area contributed by atoms with E-state index in [4.69, 9.17) is 4.74 Å². The van der Waals surface area contributed by atoms with E-state index >= 15 is 0 Å². The smallest absolute Gasteiger partial charge is 0.408 e. The number of carbonyl (C=O) groups is 3. The van der Waals surface area contributed by atoms with Gasteiger partial charge in [-0.05, 0) is 33.6 Å². The van der Waals surface area contributed by atoms with Crippen LogP contribution in [0, 0.1) is 33.3 Å². The summed E-state index contributed by atoms with van der Waals surface area (Å²) in [6, 6.07) is -1.38. The second kappa shape index (κ2) is 6.35. The Hall–Kier alpha value is -2.39. The van der Waals surface area contributed by atoms with Crippen LogP contribution in [-0.4, -0.2) is 50.4 Å². The molecule has 0 saturated heterocycles. The van der Waals surface area contributed by atoms with Gasteiger partial charge in [-0.15, -0.1) is 0 Å². The van der Waals surface area contributed by atoms with Crippen molar-refractivity contribution in [2.45, 2.75) is 64.6 Å². The summed E-state index contributed by atoms with van der Waals surface area (Å²) >= 11 is 0. The molecule has 0 aliphatic heterocycles. The molecule has 0 aromatic rings. The van der Waals surface area contributed by atoms with Crippen LogP contribution in [0.3, 0.4) is 0 Å². The van der Waals surface area contributed by atoms with E-state index < -0.39 is 63.3 Å². The molecule has 2 aliphatic rings. The van der Waals surface area contributed by atoms with Gasteiger partial charge in [0.2, 0.25) is 6.04 Å².